The first-order chi connectivity index (χ1) is 15.1. The fraction of sp³-hybridized carbons (Fsp3) is 0.556. The van der Waals surface area contributed by atoms with E-state index in [2.05, 4.69) is 26.6 Å². The van der Waals surface area contributed by atoms with Gasteiger partial charge in [-0.25, -0.2) is 8.42 Å². The molecule has 0 saturated heterocycles. The third kappa shape index (κ3) is 6.47. The molecule has 0 aliphatic heterocycles. The second kappa shape index (κ2) is 10.6. The molecular formula is C27H40O3SSi. The number of benzene rings is 1. The Balaban J connectivity index is 2.03. The zero-order valence-electron chi connectivity index (χ0n) is 20.5. The quantitative estimate of drug-likeness (QED) is 0.275. The molecule has 2 unspecified atom stereocenters. The van der Waals surface area contributed by atoms with Gasteiger partial charge >= 0.3 is 0 Å². The van der Waals surface area contributed by atoms with Crippen molar-refractivity contribution in [3.05, 3.63) is 65.1 Å². The number of hydrogen-bond donors (Lipinski definition) is 0. The summed E-state index contributed by atoms with van der Waals surface area (Å²) < 4.78 is 33.8. The molecule has 32 heavy (non-hydrogen) atoms. The molecule has 176 valence electrons. The van der Waals surface area contributed by atoms with Gasteiger partial charge in [-0.3, -0.25) is 0 Å². The third-order valence-electron chi connectivity index (χ3n) is 6.64. The molecule has 5 heteroatoms. The van der Waals surface area contributed by atoms with Crippen LogP contribution in [-0.2, 0) is 9.84 Å². The van der Waals surface area contributed by atoms with Gasteiger partial charge in [-0.2, -0.15) is 0 Å². The predicted octanol–water partition coefficient (Wildman–Crippen LogP) is 7.91. The average molecular weight is 473 g/mol. The molecule has 3 rings (SSSR count). The SMILES string of the molecule is Cc1ccc(S(=O)(=O)C(CCC(C)c2ccco2)C(C[Si](C)(C)C)=C2CCCCC2)cc1. The Morgan fingerprint density at radius 1 is 1.00 bits per heavy atom. The molecule has 0 N–H and O–H groups in total. The molecule has 2 aromatic rings. The van der Waals surface area contributed by atoms with Crippen molar-refractivity contribution in [1.29, 1.82) is 0 Å². The summed E-state index contributed by atoms with van der Waals surface area (Å²) in [6.07, 6.45) is 8.89. The van der Waals surface area contributed by atoms with Crippen LogP contribution in [0.3, 0.4) is 0 Å². The van der Waals surface area contributed by atoms with Crippen molar-refractivity contribution < 1.29 is 12.8 Å². The van der Waals surface area contributed by atoms with Crippen LogP contribution >= 0.6 is 0 Å². The summed E-state index contributed by atoms with van der Waals surface area (Å²) in [5.41, 5.74) is 3.76. The van der Waals surface area contributed by atoms with Crippen LogP contribution in [0.4, 0.5) is 0 Å². The van der Waals surface area contributed by atoms with Gasteiger partial charge in [0.25, 0.3) is 0 Å². The molecular weight excluding hydrogens is 432 g/mol. The summed E-state index contributed by atoms with van der Waals surface area (Å²) in [5, 5.41) is -0.442. The lowest BCUT2D eigenvalue weighted by Crippen LogP contribution is -2.31. The summed E-state index contributed by atoms with van der Waals surface area (Å²) in [6.45, 7) is 11.2. The number of furan rings is 1. The molecule has 1 saturated carbocycles. The fourth-order valence-electron chi connectivity index (χ4n) is 4.86. The van der Waals surface area contributed by atoms with Crippen molar-refractivity contribution in [3.63, 3.8) is 0 Å². The number of sulfone groups is 1. The average Bonchev–Trinajstić information content (AvgIpc) is 3.28. The number of hydrogen-bond acceptors (Lipinski definition) is 3. The Kier molecular flexibility index (Phi) is 8.26. The van der Waals surface area contributed by atoms with E-state index >= 15 is 0 Å². The van der Waals surface area contributed by atoms with Crippen molar-refractivity contribution >= 4 is 17.9 Å². The highest BCUT2D eigenvalue weighted by Gasteiger charge is 2.35. The first-order valence-corrected chi connectivity index (χ1v) is 17.4. The van der Waals surface area contributed by atoms with Crippen LogP contribution in [-0.4, -0.2) is 21.7 Å². The molecule has 0 radical (unpaired) electrons. The van der Waals surface area contributed by atoms with E-state index in [9.17, 15) is 8.42 Å². The zero-order chi connectivity index (χ0) is 23.4. The van der Waals surface area contributed by atoms with Crippen LogP contribution in [0.2, 0.25) is 25.7 Å². The minimum absolute atomic E-state index is 0.199. The molecule has 1 aromatic heterocycles. The van der Waals surface area contributed by atoms with E-state index in [0.717, 1.165) is 36.6 Å². The van der Waals surface area contributed by atoms with Gasteiger partial charge in [0.2, 0.25) is 0 Å². The lowest BCUT2D eigenvalue weighted by molar-refractivity contribution is 0.453. The molecule has 3 nitrogen and oxygen atoms in total. The van der Waals surface area contributed by atoms with Crippen molar-refractivity contribution in [2.24, 2.45) is 0 Å². The maximum atomic E-state index is 14.1. The Bertz CT molecular complexity index is 988. The van der Waals surface area contributed by atoms with Crippen LogP contribution in [0, 0.1) is 6.92 Å². The van der Waals surface area contributed by atoms with Crippen molar-refractivity contribution in [2.45, 2.75) is 101 Å². The third-order valence-corrected chi connectivity index (χ3v) is 10.3. The predicted molar refractivity (Wildman–Crippen MR) is 137 cm³/mol. The highest BCUT2D eigenvalue weighted by atomic mass is 32.2. The van der Waals surface area contributed by atoms with Gasteiger partial charge < -0.3 is 4.42 Å². The molecule has 1 fully saturated rings. The molecule has 0 spiro atoms. The van der Waals surface area contributed by atoms with E-state index in [-0.39, 0.29) is 5.92 Å². The number of aryl methyl sites for hydroxylation is 1. The number of allylic oxidation sites excluding steroid dienone is 1. The van der Waals surface area contributed by atoms with Crippen molar-refractivity contribution in [1.82, 2.24) is 0 Å². The van der Waals surface area contributed by atoms with Gasteiger partial charge in [-0.15, -0.1) is 0 Å². The summed E-state index contributed by atoms with van der Waals surface area (Å²) in [4.78, 5) is 0.461. The summed E-state index contributed by atoms with van der Waals surface area (Å²) in [5.74, 6) is 1.14. The number of rotatable bonds is 9. The first-order valence-electron chi connectivity index (χ1n) is 12.1. The van der Waals surface area contributed by atoms with Crippen molar-refractivity contribution in [2.75, 3.05) is 0 Å². The van der Waals surface area contributed by atoms with E-state index < -0.39 is 23.2 Å². The maximum Gasteiger partial charge on any atom is 0.185 e. The molecule has 0 bridgehead atoms. The Morgan fingerprint density at radius 2 is 1.66 bits per heavy atom. The van der Waals surface area contributed by atoms with Crippen molar-refractivity contribution in [3.8, 4) is 0 Å². The highest BCUT2D eigenvalue weighted by molar-refractivity contribution is 7.92. The first kappa shape index (κ1) is 25.0. The summed E-state index contributed by atoms with van der Waals surface area (Å²) in [7, 11) is -4.98. The zero-order valence-corrected chi connectivity index (χ0v) is 22.3. The minimum atomic E-state index is -3.47. The molecule has 1 aliphatic rings. The van der Waals surface area contributed by atoms with E-state index in [1.165, 1.54) is 30.4 Å². The maximum absolute atomic E-state index is 14.1. The van der Waals surface area contributed by atoms with Gasteiger partial charge in [0.05, 0.1) is 16.4 Å². The second-order valence-corrected chi connectivity index (χ2v) is 18.4. The molecule has 0 amide bonds. The van der Waals surface area contributed by atoms with Gasteiger partial charge in [0.15, 0.2) is 9.84 Å². The van der Waals surface area contributed by atoms with Crippen LogP contribution in [0.25, 0.3) is 0 Å². The van der Waals surface area contributed by atoms with Crippen LogP contribution in [0.5, 0.6) is 0 Å². The monoisotopic (exact) mass is 472 g/mol. The topological polar surface area (TPSA) is 47.3 Å². The van der Waals surface area contributed by atoms with Gasteiger partial charge in [0.1, 0.15) is 5.76 Å². The van der Waals surface area contributed by atoms with E-state index in [1.54, 1.807) is 18.4 Å². The van der Waals surface area contributed by atoms with Crippen LogP contribution in [0.1, 0.15) is 69.1 Å². The highest BCUT2D eigenvalue weighted by Crippen LogP contribution is 2.38. The van der Waals surface area contributed by atoms with Gasteiger partial charge in [0, 0.05) is 14.0 Å². The Hall–Kier alpha value is -1.59. The van der Waals surface area contributed by atoms with Crippen LogP contribution in [0.15, 0.2) is 63.1 Å². The second-order valence-electron chi connectivity index (χ2n) is 10.8. The molecule has 1 aromatic carbocycles. The molecule has 1 aliphatic carbocycles. The minimum Gasteiger partial charge on any atom is -0.469 e. The lowest BCUT2D eigenvalue weighted by Gasteiger charge is -2.31. The van der Waals surface area contributed by atoms with Gasteiger partial charge in [-0.1, -0.05) is 61.8 Å². The fourth-order valence-corrected chi connectivity index (χ4v) is 8.56. The normalized spacial score (nSPS) is 17.2. The smallest absolute Gasteiger partial charge is 0.185 e. The van der Waals surface area contributed by atoms with Gasteiger partial charge in [-0.05, 0) is 75.8 Å². The summed E-state index contributed by atoms with van der Waals surface area (Å²) in [6, 6.07) is 12.3. The lowest BCUT2D eigenvalue weighted by atomic mass is 9.88. The molecule has 1 heterocycles. The van der Waals surface area contributed by atoms with E-state index in [0.29, 0.717) is 11.3 Å². The van der Waals surface area contributed by atoms with E-state index in [4.69, 9.17) is 4.42 Å². The van der Waals surface area contributed by atoms with Crippen LogP contribution < -0.4 is 0 Å². The molecule has 2 atom stereocenters. The Morgan fingerprint density at radius 3 is 2.22 bits per heavy atom. The largest absolute Gasteiger partial charge is 0.469 e. The Labute approximate surface area is 196 Å². The standard InChI is InChI=1S/C27H40O3SSi/c1-21-13-16-24(17-14-21)31(28,29)27(18-15-22(2)26-12-9-19-30-26)25(20-32(3,4)5)23-10-7-6-8-11-23/h9,12-14,16-17,19,22,27H,6-8,10-11,15,18,20H2,1-5H3. The van der Waals surface area contributed by atoms with E-state index in [1.807, 2.05) is 31.2 Å². The summed E-state index contributed by atoms with van der Waals surface area (Å²) >= 11 is 0.